The van der Waals surface area contributed by atoms with Crippen LogP contribution < -0.4 is 5.32 Å². The summed E-state index contributed by atoms with van der Waals surface area (Å²) >= 11 is 0. The van der Waals surface area contributed by atoms with Crippen LogP contribution >= 0.6 is 0 Å². The van der Waals surface area contributed by atoms with Gasteiger partial charge in [-0.3, -0.25) is 0 Å². The molecule has 1 aliphatic heterocycles. The highest BCUT2D eigenvalue weighted by Gasteiger charge is 2.36. The van der Waals surface area contributed by atoms with Crippen LogP contribution in [0.1, 0.15) is 39.7 Å². The molecule has 1 aromatic carbocycles. The molecule has 8 heteroatoms. The minimum Gasteiger partial charge on any atom is -0.458 e. The van der Waals surface area contributed by atoms with Crippen LogP contribution in [-0.4, -0.2) is 67.4 Å². The number of aliphatic hydroxyl groups is 1. The number of nitrogens with one attached hydrogen (secondary N) is 1. The molecule has 2 N–H and O–H groups in total. The summed E-state index contributed by atoms with van der Waals surface area (Å²) < 4.78 is 22.7. The average molecular weight is 438 g/mol. The van der Waals surface area contributed by atoms with Gasteiger partial charge in [-0.1, -0.05) is 30.3 Å². The molecule has 0 saturated carbocycles. The summed E-state index contributed by atoms with van der Waals surface area (Å²) in [5.74, 6) is -0.682. The molecule has 0 unspecified atom stereocenters. The molecule has 1 aromatic rings. The van der Waals surface area contributed by atoms with E-state index in [0.717, 1.165) is 5.56 Å². The van der Waals surface area contributed by atoms with Crippen molar-refractivity contribution in [2.75, 3.05) is 26.4 Å². The Labute approximate surface area is 184 Å². The van der Waals surface area contributed by atoms with Crippen molar-refractivity contribution in [2.45, 2.75) is 64.4 Å². The Kier molecular flexibility index (Phi) is 9.74. The molecule has 8 nitrogen and oxygen atoms in total. The van der Waals surface area contributed by atoms with Gasteiger partial charge in [-0.2, -0.15) is 0 Å². The molecule has 2 rings (SSSR count). The molecule has 4 atom stereocenters. The monoisotopic (exact) mass is 437 g/mol. The number of hydrogen-bond acceptors (Lipinski definition) is 7. The molecule has 1 heterocycles. The van der Waals surface area contributed by atoms with Crippen molar-refractivity contribution in [1.82, 2.24) is 5.32 Å². The number of cyclic esters (lactones) is 1. The summed E-state index contributed by atoms with van der Waals surface area (Å²) in [4.78, 5) is 24.8. The highest BCUT2D eigenvalue weighted by atomic mass is 16.6. The van der Waals surface area contributed by atoms with Crippen molar-refractivity contribution in [1.29, 1.82) is 0 Å². The number of carbonyl (C=O) groups excluding carboxylic acids is 2. The van der Waals surface area contributed by atoms with Crippen molar-refractivity contribution < 1.29 is 33.6 Å². The van der Waals surface area contributed by atoms with Crippen LogP contribution in [0.4, 0.5) is 4.79 Å². The second-order valence-corrected chi connectivity index (χ2v) is 8.74. The summed E-state index contributed by atoms with van der Waals surface area (Å²) in [6, 6.07) is 8.97. The fourth-order valence-electron chi connectivity index (χ4n) is 3.41. The first-order chi connectivity index (χ1) is 14.7. The van der Waals surface area contributed by atoms with Gasteiger partial charge in [0.05, 0.1) is 19.3 Å². The Hall–Kier alpha value is -2.16. The largest absolute Gasteiger partial charge is 0.458 e. The second kappa shape index (κ2) is 12.0. The Morgan fingerprint density at radius 1 is 1.23 bits per heavy atom. The van der Waals surface area contributed by atoms with Crippen molar-refractivity contribution >= 4 is 12.1 Å². The number of alkyl carbamates (subject to hydrolysis) is 1. The predicted octanol–water partition coefficient (Wildman–Crippen LogP) is 2.47. The number of esters is 1. The molecule has 1 saturated heterocycles. The maximum absolute atomic E-state index is 12.7. The number of aliphatic hydroxyl groups excluding tert-OH is 1. The van der Waals surface area contributed by atoms with Gasteiger partial charge in [0.2, 0.25) is 0 Å². The SMILES string of the molecule is C[C@@H]1OC(=O)[C@@H](NC(=O)OC(C)(C)C)COC[C@H](Cc2ccccc2)[C@H]1OCCCO. The zero-order valence-corrected chi connectivity index (χ0v) is 18.8. The molecule has 0 aromatic heterocycles. The van der Waals surface area contributed by atoms with Crippen LogP contribution in [0.3, 0.4) is 0 Å². The summed E-state index contributed by atoms with van der Waals surface area (Å²) in [7, 11) is 0. The first-order valence-corrected chi connectivity index (χ1v) is 10.7. The van der Waals surface area contributed by atoms with Crippen LogP contribution in [0.25, 0.3) is 0 Å². The van der Waals surface area contributed by atoms with E-state index in [1.165, 1.54) is 0 Å². The summed E-state index contributed by atoms with van der Waals surface area (Å²) in [6.45, 7) is 7.66. The van der Waals surface area contributed by atoms with Gasteiger partial charge in [0.1, 0.15) is 11.7 Å². The van der Waals surface area contributed by atoms with E-state index in [0.29, 0.717) is 26.1 Å². The highest BCUT2D eigenvalue weighted by molar-refractivity contribution is 5.81. The lowest BCUT2D eigenvalue weighted by Crippen LogP contribution is -2.47. The fraction of sp³-hybridized carbons (Fsp3) is 0.652. The Morgan fingerprint density at radius 2 is 1.94 bits per heavy atom. The highest BCUT2D eigenvalue weighted by Crippen LogP contribution is 2.23. The molecule has 1 aliphatic rings. The van der Waals surface area contributed by atoms with Gasteiger partial charge < -0.3 is 29.4 Å². The van der Waals surface area contributed by atoms with E-state index in [-0.39, 0.29) is 19.1 Å². The molecule has 174 valence electrons. The lowest BCUT2D eigenvalue weighted by molar-refractivity contribution is -0.160. The zero-order valence-electron chi connectivity index (χ0n) is 18.8. The molecule has 0 radical (unpaired) electrons. The van der Waals surface area contributed by atoms with E-state index < -0.39 is 35.9 Å². The lowest BCUT2D eigenvalue weighted by atomic mass is 9.91. The standard InChI is InChI=1S/C23H35NO7/c1-16-20(29-12-8-11-25)18(13-17-9-6-5-7-10-17)14-28-15-19(21(26)30-16)24-22(27)31-23(2,3)4/h5-7,9-10,16,18-20,25H,8,11-15H2,1-4H3,(H,24,27)/t16-,18-,19-,20-/m0/s1. The second-order valence-electron chi connectivity index (χ2n) is 8.74. The van der Waals surface area contributed by atoms with Crippen LogP contribution in [0, 0.1) is 5.92 Å². The summed E-state index contributed by atoms with van der Waals surface area (Å²) in [5, 5.41) is 11.6. The quantitative estimate of drug-likeness (QED) is 0.499. The minimum atomic E-state index is -0.981. The van der Waals surface area contributed by atoms with Crippen LogP contribution in [0.5, 0.6) is 0 Å². The molecule has 0 aliphatic carbocycles. The summed E-state index contributed by atoms with van der Waals surface area (Å²) in [5.41, 5.74) is 0.431. The van der Waals surface area contributed by atoms with E-state index in [2.05, 4.69) is 5.32 Å². The van der Waals surface area contributed by atoms with Gasteiger partial charge >= 0.3 is 12.1 Å². The third-order valence-electron chi connectivity index (χ3n) is 4.77. The van der Waals surface area contributed by atoms with Gasteiger partial charge in [0.15, 0.2) is 6.04 Å². The Balaban J connectivity index is 2.13. The van der Waals surface area contributed by atoms with Crippen molar-refractivity contribution in [2.24, 2.45) is 5.92 Å². The van der Waals surface area contributed by atoms with Crippen molar-refractivity contribution in [3.8, 4) is 0 Å². The third kappa shape index (κ3) is 8.85. The van der Waals surface area contributed by atoms with Crippen molar-refractivity contribution in [3.63, 3.8) is 0 Å². The molecule has 0 bridgehead atoms. The van der Waals surface area contributed by atoms with Crippen LogP contribution in [0.15, 0.2) is 30.3 Å². The number of amides is 1. The number of ether oxygens (including phenoxy) is 4. The van der Waals surface area contributed by atoms with E-state index in [9.17, 15) is 9.59 Å². The minimum absolute atomic E-state index is 0.0165. The Morgan fingerprint density at radius 3 is 2.58 bits per heavy atom. The van der Waals surface area contributed by atoms with E-state index in [1.54, 1.807) is 27.7 Å². The number of benzene rings is 1. The normalized spacial score (nSPS) is 25.0. The van der Waals surface area contributed by atoms with Gasteiger partial charge in [-0.25, -0.2) is 9.59 Å². The number of rotatable bonds is 7. The van der Waals surface area contributed by atoms with E-state index in [1.807, 2.05) is 30.3 Å². The number of carbonyl (C=O) groups is 2. The van der Waals surface area contributed by atoms with Gasteiger partial charge in [-0.05, 0) is 46.1 Å². The van der Waals surface area contributed by atoms with E-state index >= 15 is 0 Å². The molecule has 1 amide bonds. The zero-order chi connectivity index (χ0) is 22.9. The first kappa shape index (κ1) is 25.1. The van der Waals surface area contributed by atoms with E-state index in [4.69, 9.17) is 24.1 Å². The third-order valence-corrected chi connectivity index (χ3v) is 4.77. The first-order valence-electron chi connectivity index (χ1n) is 10.7. The Bertz CT molecular complexity index is 689. The maximum atomic E-state index is 12.7. The van der Waals surface area contributed by atoms with Crippen LogP contribution in [-0.2, 0) is 30.2 Å². The average Bonchev–Trinajstić information content (AvgIpc) is 2.73. The van der Waals surface area contributed by atoms with Crippen LogP contribution in [0.2, 0.25) is 0 Å². The van der Waals surface area contributed by atoms with Gasteiger partial charge in [0.25, 0.3) is 0 Å². The van der Waals surface area contributed by atoms with Gasteiger partial charge in [-0.15, -0.1) is 0 Å². The molecular formula is C23H35NO7. The summed E-state index contributed by atoms with van der Waals surface area (Å²) in [6.07, 6.45) is -0.530. The number of hydrogen-bond donors (Lipinski definition) is 2. The molecular weight excluding hydrogens is 402 g/mol. The maximum Gasteiger partial charge on any atom is 0.408 e. The smallest absolute Gasteiger partial charge is 0.408 e. The molecule has 31 heavy (non-hydrogen) atoms. The molecule has 1 fully saturated rings. The van der Waals surface area contributed by atoms with Gasteiger partial charge in [0, 0.05) is 19.1 Å². The predicted molar refractivity (Wildman–Crippen MR) is 115 cm³/mol. The fourth-order valence-corrected chi connectivity index (χ4v) is 3.41. The molecule has 0 spiro atoms. The lowest BCUT2D eigenvalue weighted by Gasteiger charge is -2.31. The van der Waals surface area contributed by atoms with Crippen molar-refractivity contribution in [3.05, 3.63) is 35.9 Å². The topological polar surface area (TPSA) is 103 Å².